The number of nitrogens with two attached hydrogens (primary N) is 1. The normalized spacial score (nSPS) is 17.4. The first-order chi connectivity index (χ1) is 9.06. The van der Waals surface area contributed by atoms with E-state index in [0.29, 0.717) is 6.04 Å². The monoisotopic (exact) mass is 278 g/mol. The quantitative estimate of drug-likeness (QED) is 0.657. The standard InChI is InChI=1S/C15H22N2OS/c1-10-7-8-13(16)14(9-10)19-11(2)15(18)17-12-5-3-4-6-12/h7-9,11-12H,3-6,16H2,1-2H3,(H,17,18). The van der Waals surface area contributed by atoms with Crippen LogP contribution in [-0.4, -0.2) is 17.2 Å². The number of anilines is 1. The predicted molar refractivity (Wildman–Crippen MR) is 81.3 cm³/mol. The molecule has 1 aliphatic carbocycles. The highest BCUT2D eigenvalue weighted by atomic mass is 32.2. The Kier molecular flexibility index (Phi) is 4.75. The fourth-order valence-corrected chi connectivity index (χ4v) is 3.39. The Labute approximate surface area is 119 Å². The Morgan fingerprint density at radius 3 is 2.79 bits per heavy atom. The van der Waals surface area contributed by atoms with Crippen molar-refractivity contribution in [1.82, 2.24) is 5.32 Å². The van der Waals surface area contributed by atoms with Crippen LogP contribution in [0.3, 0.4) is 0 Å². The number of amides is 1. The minimum atomic E-state index is -0.107. The summed E-state index contributed by atoms with van der Waals surface area (Å²) in [7, 11) is 0. The Bertz CT molecular complexity index is 455. The van der Waals surface area contributed by atoms with Crippen LogP contribution in [0, 0.1) is 6.92 Å². The minimum Gasteiger partial charge on any atom is -0.398 e. The highest BCUT2D eigenvalue weighted by Crippen LogP contribution is 2.30. The summed E-state index contributed by atoms with van der Waals surface area (Å²) in [6.45, 7) is 3.98. The molecule has 3 N–H and O–H groups in total. The lowest BCUT2D eigenvalue weighted by Gasteiger charge is -2.17. The molecule has 2 rings (SSSR count). The van der Waals surface area contributed by atoms with Gasteiger partial charge in [-0.05, 0) is 44.4 Å². The Morgan fingerprint density at radius 1 is 1.42 bits per heavy atom. The summed E-state index contributed by atoms with van der Waals surface area (Å²) in [5, 5.41) is 3.03. The smallest absolute Gasteiger partial charge is 0.233 e. The summed E-state index contributed by atoms with van der Waals surface area (Å²) in [5.41, 5.74) is 7.86. The first-order valence-electron chi connectivity index (χ1n) is 6.89. The highest BCUT2D eigenvalue weighted by Gasteiger charge is 2.21. The molecule has 1 aliphatic rings. The maximum Gasteiger partial charge on any atom is 0.233 e. The van der Waals surface area contributed by atoms with Crippen LogP contribution in [0.5, 0.6) is 0 Å². The first kappa shape index (κ1) is 14.3. The van der Waals surface area contributed by atoms with Crippen LogP contribution in [0.25, 0.3) is 0 Å². The zero-order valence-corrected chi connectivity index (χ0v) is 12.4. The average Bonchev–Trinajstić information content (AvgIpc) is 2.86. The lowest BCUT2D eigenvalue weighted by atomic mass is 10.2. The number of benzene rings is 1. The van der Waals surface area contributed by atoms with Crippen molar-refractivity contribution in [2.45, 2.75) is 55.7 Å². The third kappa shape index (κ3) is 3.90. The van der Waals surface area contributed by atoms with E-state index in [-0.39, 0.29) is 11.2 Å². The summed E-state index contributed by atoms with van der Waals surface area (Å²) < 4.78 is 0. The fraction of sp³-hybridized carbons (Fsp3) is 0.533. The second-order valence-corrected chi connectivity index (χ2v) is 6.67. The lowest BCUT2D eigenvalue weighted by molar-refractivity contribution is -0.120. The fourth-order valence-electron chi connectivity index (χ4n) is 2.38. The van der Waals surface area contributed by atoms with Gasteiger partial charge in [0.05, 0.1) is 5.25 Å². The van der Waals surface area contributed by atoms with E-state index in [1.165, 1.54) is 30.2 Å². The van der Waals surface area contributed by atoms with Gasteiger partial charge in [-0.3, -0.25) is 4.79 Å². The molecule has 1 saturated carbocycles. The van der Waals surface area contributed by atoms with E-state index in [2.05, 4.69) is 5.32 Å². The first-order valence-corrected chi connectivity index (χ1v) is 7.77. The molecule has 19 heavy (non-hydrogen) atoms. The van der Waals surface area contributed by atoms with Crippen LogP contribution in [0.4, 0.5) is 5.69 Å². The molecular formula is C15H22N2OS. The van der Waals surface area contributed by atoms with E-state index in [0.717, 1.165) is 23.4 Å². The van der Waals surface area contributed by atoms with Crippen molar-refractivity contribution in [3.63, 3.8) is 0 Å². The number of rotatable bonds is 4. The summed E-state index contributed by atoms with van der Waals surface area (Å²) >= 11 is 1.54. The molecule has 0 aliphatic heterocycles. The topological polar surface area (TPSA) is 55.1 Å². The molecule has 0 spiro atoms. The molecule has 0 heterocycles. The molecule has 4 heteroatoms. The molecule has 1 amide bonds. The van der Waals surface area contributed by atoms with E-state index in [1.807, 2.05) is 32.0 Å². The third-order valence-electron chi connectivity index (χ3n) is 3.54. The van der Waals surface area contributed by atoms with Crippen LogP contribution < -0.4 is 11.1 Å². The summed E-state index contributed by atoms with van der Waals surface area (Å²) in [6, 6.07) is 6.31. The van der Waals surface area contributed by atoms with E-state index in [1.54, 1.807) is 0 Å². The van der Waals surface area contributed by atoms with Crippen LogP contribution in [-0.2, 0) is 4.79 Å². The van der Waals surface area contributed by atoms with Gasteiger partial charge in [0.25, 0.3) is 0 Å². The molecule has 1 unspecified atom stereocenters. The van der Waals surface area contributed by atoms with Crippen molar-refractivity contribution >= 4 is 23.4 Å². The van der Waals surface area contributed by atoms with Crippen molar-refractivity contribution in [1.29, 1.82) is 0 Å². The number of hydrogen-bond acceptors (Lipinski definition) is 3. The van der Waals surface area contributed by atoms with Gasteiger partial charge in [0.15, 0.2) is 0 Å². The van der Waals surface area contributed by atoms with Crippen molar-refractivity contribution < 1.29 is 4.79 Å². The summed E-state index contributed by atoms with van der Waals surface area (Å²) in [4.78, 5) is 13.1. The molecule has 1 aromatic carbocycles. The van der Waals surface area contributed by atoms with Gasteiger partial charge in [0.2, 0.25) is 5.91 Å². The van der Waals surface area contributed by atoms with E-state index in [9.17, 15) is 4.79 Å². The van der Waals surface area contributed by atoms with E-state index >= 15 is 0 Å². The van der Waals surface area contributed by atoms with E-state index < -0.39 is 0 Å². The minimum absolute atomic E-state index is 0.107. The van der Waals surface area contributed by atoms with Gasteiger partial charge in [-0.1, -0.05) is 18.9 Å². The second-order valence-electron chi connectivity index (χ2n) is 5.29. The summed E-state index contributed by atoms with van der Waals surface area (Å²) in [5.74, 6) is 0.123. The van der Waals surface area contributed by atoms with Gasteiger partial charge >= 0.3 is 0 Å². The lowest BCUT2D eigenvalue weighted by Crippen LogP contribution is -2.37. The van der Waals surface area contributed by atoms with Gasteiger partial charge in [-0.25, -0.2) is 0 Å². The number of nitrogens with one attached hydrogen (secondary N) is 1. The second kappa shape index (κ2) is 6.33. The number of carbonyl (C=O) groups is 1. The Morgan fingerprint density at radius 2 is 2.11 bits per heavy atom. The zero-order valence-electron chi connectivity index (χ0n) is 11.6. The van der Waals surface area contributed by atoms with Crippen molar-refractivity contribution in [2.75, 3.05) is 5.73 Å². The maximum atomic E-state index is 12.1. The number of nitrogen functional groups attached to an aromatic ring is 1. The van der Waals surface area contributed by atoms with Crippen LogP contribution in [0.2, 0.25) is 0 Å². The van der Waals surface area contributed by atoms with E-state index in [4.69, 9.17) is 5.73 Å². The average molecular weight is 278 g/mol. The molecule has 1 fully saturated rings. The van der Waals surface area contributed by atoms with Crippen LogP contribution in [0.1, 0.15) is 38.2 Å². The number of aryl methyl sites for hydroxylation is 1. The van der Waals surface area contributed by atoms with Crippen LogP contribution >= 0.6 is 11.8 Å². The third-order valence-corrected chi connectivity index (χ3v) is 4.72. The Balaban J connectivity index is 1.93. The summed E-state index contributed by atoms with van der Waals surface area (Å²) in [6.07, 6.45) is 4.71. The molecule has 0 saturated heterocycles. The maximum absolute atomic E-state index is 12.1. The molecule has 1 aromatic rings. The number of hydrogen-bond donors (Lipinski definition) is 2. The zero-order chi connectivity index (χ0) is 13.8. The van der Waals surface area contributed by atoms with Crippen molar-refractivity contribution in [2.24, 2.45) is 0 Å². The van der Waals surface area contributed by atoms with Crippen LogP contribution in [0.15, 0.2) is 23.1 Å². The highest BCUT2D eigenvalue weighted by molar-refractivity contribution is 8.00. The molecule has 104 valence electrons. The predicted octanol–water partition coefficient (Wildman–Crippen LogP) is 3.12. The van der Waals surface area contributed by atoms with Gasteiger partial charge in [0.1, 0.15) is 0 Å². The molecule has 3 nitrogen and oxygen atoms in total. The largest absolute Gasteiger partial charge is 0.398 e. The molecule has 0 bridgehead atoms. The Hall–Kier alpha value is -1.16. The van der Waals surface area contributed by atoms with Gasteiger partial charge in [0, 0.05) is 16.6 Å². The van der Waals surface area contributed by atoms with Gasteiger partial charge < -0.3 is 11.1 Å². The SMILES string of the molecule is Cc1ccc(N)c(SC(C)C(=O)NC2CCCC2)c1. The molecule has 1 atom stereocenters. The number of carbonyl (C=O) groups excluding carboxylic acids is 1. The molecule has 0 radical (unpaired) electrons. The van der Waals surface area contributed by atoms with Crippen molar-refractivity contribution in [3.8, 4) is 0 Å². The van der Waals surface area contributed by atoms with Gasteiger partial charge in [-0.15, -0.1) is 11.8 Å². The molecular weight excluding hydrogens is 256 g/mol. The molecule has 0 aromatic heterocycles. The van der Waals surface area contributed by atoms with Crippen molar-refractivity contribution in [3.05, 3.63) is 23.8 Å². The number of thioether (sulfide) groups is 1. The van der Waals surface area contributed by atoms with Gasteiger partial charge in [-0.2, -0.15) is 0 Å².